The molecule has 3 heteroatoms. The lowest BCUT2D eigenvalue weighted by Gasteiger charge is -2.09. The summed E-state index contributed by atoms with van der Waals surface area (Å²) in [4.78, 5) is 1.42. The first kappa shape index (κ1) is 11.0. The second-order valence-electron chi connectivity index (χ2n) is 3.83. The lowest BCUT2D eigenvalue weighted by Crippen LogP contribution is -2.05. The fourth-order valence-electron chi connectivity index (χ4n) is 1.66. The normalized spacial score (nSPS) is 10.3. The summed E-state index contributed by atoms with van der Waals surface area (Å²) in [5.41, 5.74) is 8.90. The molecule has 0 saturated heterocycles. The molecule has 84 valence electrons. The second-order valence-corrected chi connectivity index (χ2v) is 4.86. The first-order valence-corrected chi connectivity index (χ1v) is 6.26. The number of nitrogens with one attached hydrogen (secondary N) is 1. The molecule has 0 atom stereocenters. The van der Waals surface area contributed by atoms with E-state index in [2.05, 4.69) is 29.8 Å². The van der Waals surface area contributed by atoms with Gasteiger partial charge in [-0.1, -0.05) is 6.07 Å². The van der Waals surface area contributed by atoms with E-state index in [1.807, 2.05) is 18.2 Å². The number of benzene rings is 1. The molecule has 0 bridgehead atoms. The van der Waals surface area contributed by atoms with Crippen molar-refractivity contribution in [1.29, 1.82) is 0 Å². The molecule has 0 aliphatic carbocycles. The number of hydrogen-bond acceptors (Lipinski definition) is 3. The summed E-state index contributed by atoms with van der Waals surface area (Å²) in [7, 11) is 0. The zero-order chi connectivity index (χ0) is 11.4. The Morgan fingerprint density at radius 3 is 2.88 bits per heavy atom. The molecule has 1 aromatic heterocycles. The number of rotatable bonds is 4. The van der Waals surface area contributed by atoms with E-state index in [0.717, 1.165) is 18.7 Å². The lowest BCUT2D eigenvalue weighted by molar-refractivity contribution is 1.04. The summed E-state index contributed by atoms with van der Waals surface area (Å²) >= 11 is 1.80. The number of thiophene rings is 1. The average Bonchev–Trinajstić information content (AvgIpc) is 2.74. The number of anilines is 2. The molecule has 0 aliphatic heterocycles. The van der Waals surface area contributed by atoms with Crippen molar-refractivity contribution in [3.8, 4) is 0 Å². The van der Waals surface area contributed by atoms with Gasteiger partial charge in [0.05, 0.1) is 0 Å². The fraction of sp³-hybridized carbons (Fsp3) is 0.231. The van der Waals surface area contributed by atoms with Crippen molar-refractivity contribution in [2.45, 2.75) is 13.3 Å². The SMILES string of the molecule is Cc1cc(N)ccc1NCCc1cccs1. The van der Waals surface area contributed by atoms with Crippen molar-refractivity contribution < 1.29 is 0 Å². The van der Waals surface area contributed by atoms with Crippen molar-refractivity contribution in [3.05, 3.63) is 46.2 Å². The molecule has 2 nitrogen and oxygen atoms in total. The molecule has 0 saturated carbocycles. The van der Waals surface area contributed by atoms with Gasteiger partial charge in [0.2, 0.25) is 0 Å². The van der Waals surface area contributed by atoms with Gasteiger partial charge < -0.3 is 11.1 Å². The number of hydrogen-bond donors (Lipinski definition) is 2. The van der Waals surface area contributed by atoms with Crippen molar-refractivity contribution in [3.63, 3.8) is 0 Å². The van der Waals surface area contributed by atoms with Gasteiger partial charge in [-0.25, -0.2) is 0 Å². The Morgan fingerprint density at radius 2 is 2.19 bits per heavy atom. The Morgan fingerprint density at radius 1 is 1.31 bits per heavy atom. The summed E-state index contributed by atoms with van der Waals surface area (Å²) < 4.78 is 0. The largest absolute Gasteiger partial charge is 0.399 e. The molecule has 0 unspecified atom stereocenters. The van der Waals surface area contributed by atoms with E-state index in [4.69, 9.17) is 5.73 Å². The predicted molar refractivity (Wildman–Crippen MR) is 72.1 cm³/mol. The minimum absolute atomic E-state index is 0.821. The van der Waals surface area contributed by atoms with Crippen molar-refractivity contribution in [1.82, 2.24) is 0 Å². The molecule has 0 fully saturated rings. The smallest absolute Gasteiger partial charge is 0.0371 e. The van der Waals surface area contributed by atoms with Gasteiger partial charge in [-0.3, -0.25) is 0 Å². The van der Waals surface area contributed by atoms with Crippen LogP contribution >= 0.6 is 11.3 Å². The number of nitrogens with two attached hydrogens (primary N) is 1. The van der Waals surface area contributed by atoms with E-state index >= 15 is 0 Å². The monoisotopic (exact) mass is 232 g/mol. The van der Waals surface area contributed by atoms with Crippen LogP contribution in [0.2, 0.25) is 0 Å². The third-order valence-electron chi connectivity index (χ3n) is 2.52. The molecule has 3 N–H and O–H groups in total. The van der Waals surface area contributed by atoms with E-state index in [1.54, 1.807) is 11.3 Å². The molecule has 2 aromatic rings. The fourth-order valence-corrected chi connectivity index (χ4v) is 2.37. The van der Waals surface area contributed by atoms with Crippen LogP contribution in [0.4, 0.5) is 11.4 Å². The van der Waals surface area contributed by atoms with Gasteiger partial charge in [0, 0.05) is 22.8 Å². The first-order valence-electron chi connectivity index (χ1n) is 5.38. The average molecular weight is 232 g/mol. The molecule has 16 heavy (non-hydrogen) atoms. The van der Waals surface area contributed by atoms with Crippen LogP contribution in [-0.4, -0.2) is 6.54 Å². The highest BCUT2D eigenvalue weighted by atomic mass is 32.1. The number of nitrogen functional groups attached to an aromatic ring is 1. The summed E-state index contributed by atoms with van der Waals surface area (Å²) in [5, 5.41) is 5.54. The summed E-state index contributed by atoms with van der Waals surface area (Å²) in [6, 6.07) is 10.2. The van der Waals surface area contributed by atoms with Crippen LogP contribution < -0.4 is 11.1 Å². The Bertz CT molecular complexity index is 449. The molecular weight excluding hydrogens is 216 g/mol. The minimum Gasteiger partial charge on any atom is -0.399 e. The van der Waals surface area contributed by atoms with E-state index in [1.165, 1.54) is 16.1 Å². The molecule has 0 radical (unpaired) electrons. The van der Waals surface area contributed by atoms with Gasteiger partial charge in [0.1, 0.15) is 0 Å². The molecule has 0 aliphatic rings. The predicted octanol–water partition coefficient (Wildman–Crippen LogP) is 3.29. The highest BCUT2D eigenvalue weighted by Crippen LogP contribution is 2.18. The zero-order valence-corrected chi connectivity index (χ0v) is 10.2. The van der Waals surface area contributed by atoms with Crippen LogP contribution in [0.5, 0.6) is 0 Å². The van der Waals surface area contributed by atoms with Gasteiger partial charge in [0.25, 0.3) is 0 Å². The van der Waals surface area contributed by atoms with Gasteiger partial charge >= 0.3 is 0 Å². The minimum atomic E-state index is 0.821. The van der Waals surface area contributed by atoms with E-state index in [9.17, 15) is 0 Å². The summed E-state index contributed by atoms with van der Waals surface area (Å²) in [6.07, 6.45) is 1.07. The molecule has 0 spiro atoms. The van der Waals surface area contributed by atoms with E-state index in [-0.39, 0.29) is 0 Å². The third kappa shape index (κ3) is 2.76. The summed E-state index contributed by atoms with van der Waals surface area (Å²) in [5.74, 6) is 0. The van der Waals surface area contributed by atoms with Gasteiger partial charge in [-0.2, -0.15) is 0 Å². The van der Waals surface area contributed by atoms with Gasteiger partial charge in [-0.05, 0) is 48.6 Å². The van der Waals surface area contributed by atoms with Crippen LogP contribution in [0.1, 0.15) is 10.4 Å². The molecule has 1 heterocycles. The topological polar surface area (TPSA) is 38.0 Å². The van der Waals surface area contributed by atoms with Gasteiger partial charge in [0.15, 0.2) is 0 Å². The van der Waals surface area contributed by atoms with E-state index in [0.29, 0.717) is 0 Å². The van der Waals surface area contributed by atoms with Crippen LogP contribution in [0, 0.1) is 6.92 Å². The van der Waals surface area contributed by atoms with Crippen LogP contribution in [-0.2, 0) is 6.42 Å². The Kier molecular flexibility index (Phi) is 3.47. The molecule has 2 rings (SSSR count). The van der Waals surface area contributed by atoms with E-state index < -0.39 is 0 Å². The Hall–Kier alpha value is -1.48. The van der Waals surface area contributed by atoms with Crippen LogP contribution in [0.15, 0.2) is 35.7 Å². The molecule has 1 aromatic carbocycles. The summed E-state index contributed by atoms with van der Waals surface area (Å²) in [6.45, 7) is 3.04. The quantitative estimate of drug-likeness (QED) is 0.794. The highest BCUT2D eigenvalue weighted by molar-refractivity contribution is 7.09. The Balaban J connectivity index is 1.90. The van der Waals surface area contributed by atoms with Crippen molar-refractivity contribution >= 4 is 22.7 Å². The molecule has 0 amide bonds. The maximum Gasteiger partial charge on any atom is 0.0371 e. The van der Waals surface area contributed by atoms with Crippen LogP contribution in [0.3, 0.4) is 0 Å². The first-order chi connectivity index (χ1) is 7.75. The number of aryl methyl sites for hydroxylation is 1. The molecular formula is C13H16N2S. The maximum atomic E-state index is 5.71. The van der Waals surface area contributed by atoms with Crippen LogP contribution in [0.25, 0.3) is 0 Å². The van der Waals surface area contributed by atoms with Crippen molar-refractivity contribution in [2.75, 3.05) is 17.6 Å². The zero-order valence-electron chi connectivity index (χ0n) is 9.36. The third-order valence-corrected chi connectivity index (χ3v) is 3.45. The Labute approximate surface area is 100 Å². The standard InChI is InChI=1S/C13H16N2S/c1-10-9-11(14)4-5-13(10)15-7-6-12-3-2-8-16-12/h2-5,8-9,15H,6-7,14H2,1H3. The highest BCUT2D eigenvalue weighted by Gasteiger charge is 1.98. The lowest BCUT2D eigenvalue weighted by atomic mass is 10.2. The van der Waals surface area contributed by atoms with Gasteiger partial charge in [-0.15, -0.1) is 11.3 Å². The second kappa shape index (κ2) is 5.03. The maximum absolute atomic E-state index is 5.71. The van der Waals surface area contributed by atoms with Crippen molar-refractivity contribution in [2.24, 2.45) is 0 Å².